The smallest absolute Gasteiger partial charge is 0.340 e. The van der Waals surface area contributed by atoms with Gasteiger partial charge in [-0.2, -0.15) is 0 Å². The summed E-state index contributed by atoms with van der Waals surface area (Å²) >= 11 is 0. The Hall–Kier alpha value is -1.88. The molecule has 0 aliphatic carbocycles. The molecule has 1 aliphatic rings. The highest BCUT2D eigenvalue weighted by Gasteiger charge is 2.31. The quantitative estimate of drug-likeness (QED) is 0.633. The summed E-state index contributed by atoms with van der Waals surface area (Å²) in [6.07, 6.45) is 3.61. The van der Waals surface area contributed by atoms with Gasteiger partial charge in [0.1, 0.15) is 0 Å². The molecule has 5 nitrogen and oxygen atoms in total. The number of nitrogens with zero attached hydrogens (tertiary/aromatic N) is 1. The van der Waals surface area contributed by atoms with Crippen LogP contribution in [0.5, 0.6) is 0 Å². The highest BCUT2D eigenvalue weighted by atomic mass is 16.5. The minimum absolute atomic E-state index is 0.0266. The van der Waals surface area contributed by atoms with Gasteiger partial charge in [0.2, 0.25) is 0 Å². The number of quaternary nitrogens is 1. The number of ether oxygens (including phenoxy) is 1. The molecular weight excluding hydrogens is 316 g/mol. The zero-order valence-corrected chi connectivity index (χ0v) is 16.0. The van der Waals surface area contributed by atoms with E-state index in [4.69, 9.17) is 4.74 Å². The third-order valence-electron chi connectivity index (χ3n) is 5.15. The molecule has 1 N–H and O–H groups in total. The van der Waals surface area contributed by atoms with Gasteiger partial charge in [0.25, 0.3) is 5.91 Å². The van der Waals surface area contributed by atoms with Crippen molar-refractivity contribution in [2.45, 2.75) is 47.0 Å². The van der Waals surface area contributed by atoms with E-state index in [1.54, 1.807) is 13.0 Å². The van der Waals surface area contributed by atoms with Crippen LogP contribution in [-0.2, 0) is 9.53 Å². The van der Waals surface area contributed by atoms with Crippen LogP contribution in [0.3, 0.4) is 0 Å². The molecule has 1 aliphatic heterocycles. The van der Waals surface area contributed by atoms with Gasteiger partial charge in [0, 0.05) is 0 Å². The maximum Gasteiger partial charge on any atom is 0.340 e. The van der Waals surface area contributed by atoms with Crippen molar-refractivity contribution in [2.75, 3.05) is 38.1 Å². The van der Waals surface area contributed by atoms with E-state index in [2.05, 4.69) is 12.2 Å². The van der Waals surface area contributed by atoms with Crippen LogP contribution in [0.1, 0.15) is 54.6 Å². The molecule has 0 spiro atoms. The molecule has 1 aromatic carbocycles. The van der Waals surface area contributed by atoms with Crippen LogP contribution in [0.25, 0.3) is 0 Å². The lowest BCUT2D eigenvalue weighted by molar-refractivity contribution is -0.923. The van der Waals surface area contributed by atoms with E-state index < -0.39 is 0 Å². The van der Waals surface area contributed by atoms with E-state index in [-0.39, 0.29) is 11.9 Å². The average molecular weight is 347 g/mol. The molecule has 1 heterocycles. The van der Waals surface area contributed by atoms with E-state index in [9.17, 15) is 9.59 Å². The van der Waals surface area contributed by atoms with Crippen LogP contribution < -0.4 is 5.32 Å². The van der Waals surface area contributed by atoms with Crippen molar-refractivity contribution >= 4 is 17.6 Å². The predicted molar refractivity (Wildman–Crippen MR) is 99.8 cm³/mol. The third-order valence-corrected chi connectivity index (χ3v) is 5.15. The summed E-state index contributed by atoms with van der Waals surface area (Å²) in [4.78, 5) is 25.0. The van der Waals surface area contributed by atoms with Gasteiger partial charge < -0.3 is 14.5 Å². The molecule has 0 saturated carbocycles. The Kier molecular flexibility index (Phi) is 6.59. The molecule has 25 heavy (non-hydrogen) atoms. The Morgan fingerprint density at radius 1 is 1.12 bits per heavy atom. The van der Waals surface area contributed by atoms with Crippen LogP contribution in [-0.4, -0.2) is 49.1 Å². The number of likely N-dealkylation sites (N-methyl/N-ethyl adjacent to an activating group) is 1. The second-order valence-corrected chi connectivity index (χ2v) is 7.10. The molecule has 1 fully saturated rings. The Morgan fingerprint density at radius 2 is 1.80 bits per heavy atom. The number of likely N-dealkylation sites (tertiary alicyclic amines) is 1. The van der Waals surface area contributed by atoms with E-state index in [1.165, 1.54) is 19.3 Å². The number of nitrogens with one attached hydrogen (secondary N) is 1. The van der Waals surface area contributed by atoms with Crippen LogP contribution in [0.15, 0.2) is 12.1 Å². The van der Waals surface area contributed by atoms with Crippen molar-refractivity contribution in [2.24, 2.45) is 0 Å². The first-order chi connectivity index (χ1) is 11.9. The number of rotatable bonds is 6. The second-order valence-electron chi connectivity index (χ2n) is 7.10. The van der Waals surface area contributed by atoms with Gasteiger partial charge in [-0.1, -0.05) is 6.07 Å². The highest BCUT2D eigenvalue weighted by molar-refractivity contribution is 6.02. The van der Waals surface area contributed by atoms with Crippen molar-refractivity contribution in [1.29, 1.82) is 0 Å². The number of carbonyl (C=O) groups excluding carboxylic acids is 2. The number of esters is 1. The lowest BCUT2D eigenvalue weighted by atomic mass is 10.0. The van der Waals surface area contributed by atoms with Gasteiger partial charge in [0.15, 0.2) is 6.54 Å². The van der Waals surface area contributed by atoms with Gasteiger partial charge >= 0.3 is 5.97 Å². The lowest BCUT2D eigenvalue weighted by Gasteiger charge is -2.40. The van der Waals surface area contributed by atoms with Gasteiger partial charge in [-0.25, -0.2) is 4.79 Å². The molecule has 1 saturated heterocycles. The first-order valence-electron chi connectivity index (χ1n) is 9.34. The summed E-state index contributed by atoms with van der Waals surface area (Å²) < 4.78 is 6.00. The summed E-state index contributed by atoms with van der Waals surface area (Å²) in [5.74, 6) is -0.414. The summed E-state index contributed by atoms with van der Waals surface area (Å²) in [7, 11) is 0. The molecular formula is C20H31N2O3+. The number of aryl methyl sites for hydroxylation is 2. The molecule has 0 bridgehead atoms. The first kappa shape index (κ1) is 19.4. The fraction of sp³-hybridized carbons (Fsp3) is 0.600. The van der Waals surface area contributed by atoms with Crippen molar-refractivity contribution in [3.63, 3.8) is 0 Å². The van der Waals surface area contributed by atoms with E-state index in [0.717, 1.165) is 35.2 Å². The number of benzene rings is 1. The minimum atomic E-state index is -0.387. The highest BCUT2D eigenvalue weighted by Crippen LogP contribution is 2.25. The molecule has 138 valence electrons. The summed E-state index contributed by atoms with van der Waals surface area (Å²) in [6.45, 7) is 11.6. The van der Waals surface area contributed by atoms with Crippen LogP contribution in [0.2, 0.25) is 0 Å². The Labute approximate surface area is 150 Å². The lowest BCUT2D eigenvalue weighted by Crippen LogP contribution is -2.55. The molecule has 0 atom stereocenters. The number of piperidine rings is 1. The monoisotopic (exact) mass is 347 g/mol. The van der Waals surface area contributed by atoms with E-state index in [1.807, 2.05) is 19.9 Å². The van der Waals surface area contributed by atoms with Crippen LogP contribution >= 0.6 is 0 Å². The molecule has 1 amide bonds. The number of hydrogen-bond donors (Lipinski definition) is 1. The molecule has 1 aromatic rings. The number of carbonyl (C=O) groups is 2. The maximum atomic E-state index is 12.7. The molecule has 0 radical (unpaired) electrons. The zero-order valence-electron chi connectivity index (χ0n) is 16.0. The molecule has 0 unspecified atom stereocenters. The zero-order chi connectivity index (χ0) is 18.4. The average Bonchev–Trinajstić information content (AvgIpc) is 2.58. The van der Waals surface area contributed by atoms with Gasteiger partial charge in [-0.3, -0.25) is 4.79 Å². The molecule has 2 rings (SSSR count). The van der Waals surface area contributed by atoms with Crippen molar-refractivity contribution in [3.05, 3.63) is 28.8 Å². The van der Waals surface area contributed by atoms with E-state index >= 15 is 0 Å². The summed E-state index contributed by atoms with van der Waals surface area (Å²) in [5.41, 5.74) is 2.89. The fourth-order valence-electron chi connectivity index (χ4n) is 3.76. The van der Waals surface area contributed by atoms with Crippen LogP contribution in [0.4, 0.5) is 5.69 Å². The number of amides is 1. The summed E-state index contributed by atoms with van der Waals surface area (Å²) in [6, 6.07) is 3.76. The first-order valence-corrected chi connectivity index (χ1v) is 9.34. The molecule has 5 heteroatoms. The standard InChI is InChI=1S/C20H30N2O3/c1-5-22(10-8-7-9-11-22)14-18(23)21-19-16(4)12-15(3)13-17(19)20(24)25-6-2/h12-13H,5-11,14H2,1-4H3/p+1. The fourth-order valence-corrected chi connectivity index (χ4v) is 3.76. The largest absolute Gasteiger partial charge is 0.462 e. The van der Waals surface area contributed by atoms with Gasteiger partial charge in [-0.05, 0) is 64.2 Å². The molecule has 0 aromatic heterocycles. The minimum Gasteiger partial charge on any atom is -0.462 e. The van der Waals surface area contributed by atoms with Crippen molar-refractivity contribution in [1.82, 2.24) is 0 Å². The third kappa shape index (κ3) is 4.82. The summed E-state index contributed by atoms with van der Waals surface area (Å²) in [5, 5.41) is 3.00. The predicted octanol–water partition coefficient (Wildman–Crippen LogP) is 3.44. The number of anilines is 1. The van der Waals surface area contributed by atoms with Crippen molar-refractivity contribution in [3.8, 4) is 0 Å². The maximum absolute atomic E-state index is 12.7. The van der Waals surface area contributed by atoms with E-state index in [0.29, 0.717) is 24.4 Å². The SMILES string of the molecule is CCOC(=O)c1cc(C)cc(C)c1NC(=O)C[N+]1(CC)CCCCC1. The van der Waals surface area contributed by atoms with Crippen LogP contribution in [0, 0.1) is 13.8 Å². The second kappa shape index (κ2) is 8.48. The Bertz CT molecular complexity index is 634. The van der Waals surface area contributed by atoms with Crippen molar-refractivity contribution < 1.29 is 18.8 Å². The topological polar surface area (TPSA) is 55.4 Å². The Balaban J connectivity index is 2.20. The van der Waals surface area contributed by atoms with Gasteiger partial charge in [0.05, 0.1) is 37.5 Å². The Morgan fingerprint density at radius 3 is 2.40 bits per heavy atom. The number of hydrogen-bond acceptors (Lipinski definition) is 3. The van der Waals surface area contributed by atoms with Gasteiger partial charge in [-0.15, -0.1) is 0 Å². The normalized spacial score (nSPS) is 16.3.